The minimum absolute atomic E-state index is 0.0487. The van der Waals surface area contributed by atoms with Gasteiger partial charge in [-0.2, -0.15) is 0 Å². The van der Waals surface area contributed by atoms with Gasteiger partial charge in [-0.3, -0.25) is 9.59 Å². The molecule has 6 rings (SSSR count). The third-order valence-corrected chi connectivity index (χ3v) is 9.72. The van der Waals surface area contributed by atoms with Crippen LogP contribution in [0.5, 0.6) is 0 Å². The lowest BCUT2D eigenvalue weighted by Crippen LogP contribution is -2.32. The predicted octanol–water partition coefficient (Wildman–Crippen LogP) is 7.05. The molecule has 54 heavy (non-hydrogen) atoms. The highest BCUT2D eigenvalue weighted by Gasteiger charge is 2.22. The van der Waals surface area contributed by atoms with Gasteiger partial charge in [-0.25, -0.2) is 4.98 Å². The molecule has 0 bridgehead atoms. The molecule has 0 aliphatic rings. The summed E-state index contributed by atoms with van der Waals surface area (Å²) < 4.78 is 2.09. The number of hydrogen-bond donors (Lipinski definition) is 4. The lowest BCUT2D eigenvalue weighted by molar-refractivity contribution is -0.122. The first-order valence-corrected chi connectivity index (χ1v) is 18.6. The molecule has 0 aliphatic carbocycles. The molecule has 2 unspecified atom stereocenters. The van der Waals surface area contributed by atoms with Gasteiger partial charge < -0.3 is 25.6 Å². The molecule has 0 fully saturated rings. The molecule has 0 saturated carbocycles. The average molecular weight is 720 g/mol. The Balaban J connectivity index is 0.931. The van der Waals surface area contributed by atoms with Crippen LogP contribution >= 0.6 is 0 Å². The van der Waals surface area contributed by atoms with Gasteiger partial charge in [0.15, 0.2) is 0 Å². The van der Waals surface area contributed by atoms with Gasteiger partial charge in [0.05, 0.1) is 18.4 Å². The Morgan fingerprint density at radius 1 is 0.667 bits per heavy atom. The van der Waals surface area contributed by atoms with Crippen molar-refractivity contribution in [1.82, 2.24) is 25.5 Å². The molecule has 2 amide bonds. The summed E-state index contributed by atoms with van der Waals surface area (Å²) in [6, 6.07) is 43.8. The largest absolute Gasteiger partial charge is 0.387 e. The fourth-order valence-electron chi connectivity index (χ4n) is 6.78. The molecule has 276 valence electrons. The summed E-state index contributed by atoms with van der Waals surface area (Å²) in [4.78, 5) is 30.8. The Hall–Kier alpha value is -5.83. The van der Waals surface area contributed by atoms with Crippen LogP contribution in [0.4, 0.5) is 0 Å². The van der Waals surface area contributed by atoms with Crippen molar-refractivity contribution in [2.45, 2.75) is 64.8 Å². The molecule has 8 heteroatoms. The second-order valence-electron chi connectivity index (χ2n) is 14.0. The lowest BCUT2D eigenvalue weighted by Gasteiger charge is -2.18. The van der Waals surface area contributed by atoms with E-state index in [-0.39, 0.29) is 30.2 Å². The molecule has 0 aliphatic heterocycles. The lowest BCUT2D eigenvalue weighted by atomic mass is 9.90. The Bertz CT molecular complexity index is 2050. The fourth-order valence-corrected chi connectivity index (χ4v) is 6.78. The fraction of sp³-hybridized carbons (Fsp3) is 0.239. The number of pyridine rings is 1. The minimum atomic E-state index is -0.675. The van der Waals surface area contributed by atoms with Crippen LogP contribution < -0.4 is 16.0 Å². The summed E-state index contributed by atoms with van der Waals surface area (Å²) in [5.74, 6) is 0.350. The van der Waals surface area contributed by atoms with Gasteiger partial charge in [0.25, 0.3) is 0 Å². The van der Waals surface area contributed by atoms with Crippen molar-refractivity contribution in [3.63, 3.8) is 0 Å². The first-order chi connectivity index (χ1) is 26.2. The number of rotatable bonds is 16. The van der Waals surface area contributed by atoms with E-state index in [0.717, 1.165) is 62.6 Å². The summed E-state index contributed by atoms with van der Waals surface area (Å²) in [7, 11) is 0. The second kappa shape index (κ2) is 18.3. The third kappa shape index (κ3) is 10.2. The van der Waals surface area contributed by atoms with E-state index in [0.29, 0.717) is 19.6 Å². The molecule has 4 aromatic carbocycles. The first kappa shape index (κ1) is 37.9. The Morgan fingerprint density at radius 3 is 1.85 bits per heavy atom. The highest BCUT2D eigenvalue weighted by Crippen LogP contribution is 2.25. The van der Waals surface area contributed by atoms with Crippen LogP contribution in [0.15, 0.2) is 140 Å². The van der Waals surface area contributed by atoms with Crippen molar-refractivity contribution in [3.8, 4) is 5.82 Å². The van der Waals surface area contributed by atoms with Crippen LogP contribution in [0, 0.1) is 13.8 Å². The Kier molecular flexibility index (Phi) is 12.8. The molecule has 2 aromatic heterocycles. The maximum absolute atomic E-state index is 13.4. The molecule has 6 aromatic rings. The summed E-state index contributed by atoms with van der Waals surface area (Å²) in [5.41, 5.74) is 8.95. The molecule has 0 radical (unpaired) electrons. The van der Waals surface area contributed by atoms with E-state index < -0.39 is 6.10 Å². The van der Waals surface area contributed by atoms with Crippen molar-refractivity contribution in [2.75, 3.05) is 6.54 Å². The van der Waals surface area contributed by atoms with Gasteiger partial charge in [-0.15, -0.1) is 0 Å². The van der Waals surface area contributed by atoms with E-state index in [1.54, 1.807) is 6.20 Å². The van der Waals surface area contributed by atoms with Crippen molar-refractivity contribution in [2.24, 2.45) is 0 Å². The molecule has 2 heterocycles. The normalized spacial score (nSPS) is 12.3. The number of aliphatic hydroxyl groups excluding tert-OH is 1. The van der Waals surface area contributed by atoms with E-state index in [4.69, 9.17) is 0 Å². The topological polar surface area (TPSA) is 108 Å². The average Bonchev–Trinajstić information content (AvgIpc) is 3.53. The number of aromatic nitrogens is 2. The van der Waals surface area contributed by atoms with Gasteiger partial charge >= 0.3 is 0 Å². The Labute approximate surface area is 318 Å². The van der Waals surface area contributed by atoms with Gasteiger partial charge in [-0.1, -0.05) is 115 Å². The van der Waals surface area contributed by atoms with Gasteiger partial charge in [0.1, 0.15) is 5.82 Å². The van der Waals surface area contributed by atoms with Crippen LogP contribution in [-0.2, 0) is 35.5 Å². The number of nitrogens with zero attached hydrogens (tertiary/aromatic N) is 2. The Morgan fingerprint density at radius 2 is 1.26 bits per heavy atom. The quantitative estimate of drug-likeness (QED) is 0.0858. The van der Waals surface area contributed by atoms with E-state index in [9.17, 15) is 14.7 Å². The van der Waals surface area contributed by atoms with Crippen LogP contribution in [-0.4, -0.2) is 39.1 Å². The molecule has 2 atom stereocenters. The first-order valence-electron chi connectivity index (χ1n) is 18.6. The number of carbonyl (C=O) groups excluding carboxylic acids is 2. The number of carbonyl (C=O) groups is 2. The smallest absolute Gasteiger partial charge is 0.232 e. The summed E-state index contributed by atoms with van der Waals surface area (Å²) >= 11 is 0. The number of benzene rings is 4. The van der Waals surface area contributed by atoms with Crippen LogP contribution in [0.3, 0.4) is 0 Å². The zero-order valence-electron chi connectivity index (χ0n) is 31.2. The van der Waals surface area contributed by atoms with E-state index in [1.165, 1.54) is 0 Å². The highest BCUT2D eigenvalue weighted by atomic mass is 16.3. The van der Waals surface area contributed by atoms with E-state index in [1.807, 2.05) is 109 Å². The minimum Gasteiger partial charge on any atom is -0.387 e. The highest BCUT2D eigenvalue weighted by molar-refractivity contribution is 5.87. The molecule has 8 nitrogen and oxygen atoms in total. The van der Waals surface area contributed by atoms with Crippen molar-refractivity contribution in [1.29, 1.82) is 0 Å². The van der Waals surface area contributed by atoms with Crippen LogP contribution in [0.1, 0.15) is 69.3 Å². The molecular weight excluding hydrogens is 671 g/mol. The number of amides is 2. The number of aliphatic hydroxyl groups is 1. The van der Waals surface area contributed by atoms with E-state index in [2.05, 4.69) is 70.5 Å². The summed E-state index contributed by atoms with van der Waals surface area (Å²) in [6.45, 7) is 7.43. The second-order valence-corrected chi connectivity index (χ2v) is 14.0. The molecule has 0 saturated heterocycles. The zero-order valence-corrected chi connectivity index (χ0v) is 31.2. The molecular formula is C46H49N5O3. The molecule has 4 N–H and O–H groups in total. The maximum atomic E-state index is 13.4. The van der Waals surface area contributed by atoms with Crippen molar-refractivity contribution in [3.05, 3.63) is 190 Å². The van der Waals surface area contributed by atoms with Gasteiger partial charge in [0.2, 0.25) is 11.8 Å². The number of nitrogens with one attached hydrogen (secondary N) is 3. The van der Waals surface area contributed by atoms with Gasteiger partial charge in [-0.05, 0) is 78.8 Å². The van der Waals surface area contributed by atoms with Crippen molar-refractivity contribution < 1.29 is 14.7 Å². The number of hydrogen-bond acceptors (Lipinski definition) is 5. The van der Waals surface area contributed by atoms with Crippen molar-refractivity contribution >= 4 is 11.8 Å². The zero-order chi connectivity index (χ0) is 37.9. The monoisotopic (exact) mass is 719 g/mol. The predicted molar refractivity (Wildman–Crippen MR) is 214 cm³/mol. The maximum Gasteiger partial charge on any atom is 0.232 e. The SMILES string of the molecule is Cc1ccc(C)n1-c1ccc(C(O)CNC(C)Cc2cccc(CC(=O)NCc3ccc(CNC(=O)C(c4ccccc4)c4ccccc4)cc3)c2)cn1. The third-order valence-electron chi connectivity index (χ3n) is 9.72. The van der Waals surface area contributed by atoms with Gasteiger partial charge in [0, 0.05) is 48.8 Å². The standard InChI is InChI=1S/C46H49N5O3/c1-32(47-31-42(52)41-23-24-43(48-30-41)51-33(2)17-18-34(51)3)25-37-11-10-12-38(26-37)27-44(53)49-28-35-19-21-36(22-20-35)29-50-46(54)45(39-13-6-4-7-14-39)40-15-8-5-9-16-40/h4-24,26,30,32,42,45,47,52H,25,27-29,31H2,1-3H3,(H,49,53)(H,50,54). The van der Waals surface area contributed by atoms with E-state index >= 15 is 0 Å². The summed E-state index contributed by atoms with van der Waals surface area (Å²) in [6.07, 6.45) is 2.11. The number of aryl methyl sites for hydroxylation is 2. The summed E-state index contributed by atoms with van der Waals surface area (Å²) in [5, 5.41) is 20.4. The molecule has 0 spiro atoms. The van der Waals surface area contributed by atoms with Crippen LogP contribution in [0.2, 0.25) is 0 Å². The van der Waals surface area contributed by atoms with Crippen LogP contribution in [0.25, 0.3) is 5.82 Å².